The number of hydrogen-bond acceptors (Lipinski definition) is 4. The van der Waals surface area contributed by atoms with E-state index >= 15 is 0 Å². The Balaban J connectivity index is 0.00000264. The fraction of sp³-hybridized carbons (Fsp3) is 0.533. The normalized spacial score (nSPS) is 17.6. The molecule has 5 nitrogen and oxygen atoms in total. The summed E-state index contributed by atoms with van der Waals surface area (Å²) in [4.78, 5) is -0.0228. The van der Waals surface area contributed by atoms with Crippen LogP contribution >= 0.6 is 24.0 Å². The Morgan fingerprint density at radius 2 is 1.87 bits per heavy atom. The third-order valence-electron chi connectivity index (χ3n) is 4.06. The fourth-order valence-electron chi connectivity index (χ4n) is 2.71. The molecule has 3 N–H and O–H groups in total. The van der Waals surface area contributed by atoms with E-state index in [0.29, 0.717) is 5.56 Å². The number of nitriles is 1. The van der Waals surface area contributed by atoms with Gasteiger partial charge in [0, 0.05) is 12.1 Å². The summed E-state index contributed by atoms with van der Waals surface area (Å²) in [6.45, 7) is 0.200. The molecule has 0 heterocycles. The van der Waals surface area contributed by atoms with E-state index in [1.165, 1.54) is 18.2 Å². The summed E-state index contributed by atoms with van der Waals surface area (Å²) in [6, 6.07) is 6.05. The molecule has 1 aliphatic carbocycles. The standard InChI is InChI=1S/C15H20ClN3O2S.ClH/c16-13-9-12(10-17)5-6-14(13)22(20,21)19-11-15(18)7-3-1-2-4-8-15;/h5-6,9,19H,1-4,7-8,11,18H2;1H. The first kappa shape index (κ1) is 20.2. The molecule has 0 spiro atoms. The summed E-state index contributed by atoms with van der Waals surface area (Å²) < 4.78 is 27.4. The van der Waals surface area contributed by atoms with Crippen molar-refractivity contribution in [3.63, 3.8) is 0 Å². The minimum Gasteiger partial charge on any atom is -0.324 e. The first-order valence-corrected chi connectivity index (χ1v) is 9.21. The Morgan fingerprint density at radius 3 is 2.39 bits per heavy atom. The third-order valence-corrected chi connectivity index (χ3v) is 5.95. The quantitative estimate of drug-likeness (QED) is 0.788. The predicted octanol–water partition coefficient (Wildman–Crippen LogP) is 2.96. The molecule has 8 heteroatoms. The number of nitrogens with one attached hydrogen (secondary N) is 1. The smallest absolute Gasteiger partial charge is 0.242 e. The molecular weight excluding hydrogens is 357 g/mol. The van der Waals surface area contributed by atoms with Crippen LogP contribution in [0.5, 0.6) is 0 Å². The van der Waals surface area contributed by atoms with Crippen molar-refractivity contribution >= 4 is 34.0 Å². The SMILES string of the molecule is Cl.N#Cc1ccc(S(=O)(=O)NCC2(N)CCCCCC2)c(Cl)c1. The van der Waals surface area contributed by atoms with Crippen molar-refractivity contribution in [1.29, 1.82) is 5.26 Å². The van der Waals surface area contributed by atoms with E-state index in [1.54, 1.807) is 0 Å². The molecule has 23 heavy (non-hydrogen) atoms. The Hall–Kier alpha value is -0.840. The second kappa shape index (κ2) is 8.32. The molecule has 0 amide bonds. The number of rotatable bonds is 4. The van der Waals surface area contributed by atoms with Crippen LogP contribution in [0.15, 0.2) is 23.1 Å². The van der Waals surface area contributed by atoms with E-state index in [0.717, 1.165) is 38.5 Å². The van der Waals surface area contributed by atoms with Crippen LogP contribution in [0.25, 0.3) is 0 Å². The first-order chi connectivity index (χ1) is 10.4. The van der Waals surface area contributed by atoms with Gasteiger partial charge in [0.1, 0.15) is 4.90 Å². The van der Waals surface area contributed by atoms with Crippen molar-refractivity contribution in [1.82, 2.24) is 4.72 Å². The minimum atomic E-state index is -3.74. The van der Waals surface area contributed by atoms with Gasteiger partial charge in [0.2, 0.25) is 10.0 Å². The Bertz CT molecular complexity index is 678. The second-order valence-electron chi connectivity index (χ2n) is 5.86. The van der Waals surface area contributed by atoms with Crippen LogP contribution in [0.1, 0.15) is 44.1 Å². The van der Waals surface area contributed by atoms with Gasteiger partial charge in [0.05, 0.1) is 16.7 Å². The highest BCUT2D eigenvalue weighted by Gasteiger charge is 2.29. The number of nitrogens with two attached hydrogens (primary N) is 1. The number of benzene rings is 1. The van der Waals surface area contributed by atoms with Crippen LogP contribution in [0, 0.1) is 11.3 Å². The van der Waals surface area contributed by atoms with Gasteiger partial charge in [0.15, 0.2) is 0 Å². The topological polar surface area (TPSA) is 96.0 Å². The van der Waals surface area contributed by atoms with Gasteiger partial charge in [-0.25, -0.2) is 13.1 Å². The van der Waals surface area contributed by atoms with E-state index in [-0.39, 0.29) is 28.9 Å². The van der Waals surface area contributed by atoms with Gasteiger partial charge in [-0.3, -0.25) is 0 Å². The van der Waals surface area contributed by atoms with Crippen LogP contribution in [-0.4, -0.2) is 20.5 Å². The van der Waals surface area contributed by atoms with Gasteiger partial charge in [-0.15, -0.1) is 12.4 Å². The van der Waals surface area contributed by atoms with Crippen LogP contribution < -0.4 is 10.5 Å². The van der Waals surface area contributed by atoms with Gasteiger partial charge in [-0.2, -0.15) is 5.26 Å². The lowest BCUT2D eigenvalue weighted by atomic mass is 9.92. The maximum atomic E-state index is 12.4. The molecule has 0 saturated heterocycles. The summed E-state index contributed by atoms with van der Waals surface area (Å²) in [6.07, 6.45) is 5.97. The summed E-state index contributed by atoms with van der Waals surface area (Å²) in [7, 11) is -3.74. The van der Waals surface area contributed by atoms with Crippen molar-refractivity contribution in [2.75, 3.05) is 6.54 Å². The molecule has 1 aromatic carbocycles. The monoisotopic (exact) mass is 377 g/mol. The fourth-order valence-corrected chi connectivity index (χ4v) is 4.40. The predicted molar refractivity (Wildman–Crippen MR) is 93.2 cm³/mol. The lowest BCUT2D eigenvalue weighted by Gasteiger charge is -2.28. The lowest BCUT2D eigenvalue weighted by Crippen LogP contribution is -2.49. The molecule has 1 saturated carbocycles. The van der Waals surface area contributed by atoms with Gasteiger partial charge in [0.25, 0.3) is 0 Å². The van der Waals surface area contributed by atoms with Crippen LogP contribution in [0.2, 0.25) is 5.02 Å². The highest BCUT2D eigenvalue weighted by atomic mass is 35.5. The Morgan fingerprint density at radius 1 is 1.26 bits per heavy atom. The van der Waals surface area contributed by atoms with E-state index in [2.05, 4.69) is 4.72 Å². The van der Waals surface area contributed by atoms with Crippen molar-refractivity contribution in [2.45, 2.75) is 49.0 Å². The van der Waals surface area contributed by atoms with Gasteiger partial charge in [-0.1, -0.05) is 37.3 Å². The molecule has 1 aromatic rings. The molecule has 0 radical (unpaired) electrons. The van der Waals surface area contributed by atoms with E-state index in [1.807, 2.05) is 6.07 Å². The number of halogens is 2. The van der Waals surface area contributed by atoms with Crippen molar-refractivity contribution in [2.24, 2.45) is 5.73 Å². The molecule has 0 unspecified atom stereocenters. The average Bonchev–Trinajstić information content (AvgIpc) is 2.70. The summed E-state index contributed by atoms with van der Waals surface area (Å²) in [5.41, 5.74) is 6.15. The van der Waals surface area contributed by atoms with E-state index in [9.17, 15) is 8.42 Å². The lowest BCUT2D eigenvalue weighted by molar-refractivity contribution is 0.369. The molecule has 1 fully saturated rings. The molecule has 0 bridgehead atoms. The molecule has 1 aliphatic rings. The molecule has 2 rings (SSSR count). The second-order valence-corrected chi connectivity index (χ2v) is 8.00. The minimum absolute atomic E-state index is 0. The van der Waals surface area contributed by atoms with Crippen LogP contribution in [0.4, 0.5) is 0 Å². The van der Waals surface area contributed by atoms with Crippen LogP contribution in [-0.2, 0) is 10.0 Å². The molecule has 0 atom stereocenters. The van der Waals surface area contributed by atoms with Gasteiger partial charge < -0.3 is 5.73 Å². The average molecular weight is 378 g/mol. The molecule has 0 aliphatic heterocycles. The maximum Gasteiger partial charge on any atom is 0.242 e. The molecular formula is C15H21Cl2N3O2S. The highest BCUT2D eigenvalue weighted by molar-refractivity contribution is 7.89. The summed E-state index contributed by atoms with van der Waals surface area (Å²) in [5.74, 6) is 0. The highest BCUT2D eigenvalue weighted by Crippen LogP contribution is 2.26. The number of hydrogen-bond donors (Lipinski definition) is 2. The zero-order valence-corrected chi connectivity index (χ0v) is 15.1. The third kappa shape index (κ3) is 5.33. The number of sulfonamides is 1. The van der Waals surface area contributed by atoms with Crippen molar-refractivity contribution in [3.8, 4) is 6.07 Å². The maximum absolute atomic E-state index is 12.4. The van der Waals surface area contributed by atoms with E-state index < -0.39 is 15.6 Å². The molecule has 0 aromatic heterocycles. The number of nitrogens with zero attached hydrogens (tertiary/aromatic N) is 1. The van der Waals surface area contributed by atoms with Gasteiger partial charge >= 0.3 is 0 Å². The summed E-state index contributed by atoms with van der Waals surface area (Å²) in [5, 5.41) is 8.84. The Kier molecular flexibility index (Phi) is 7.30. The first-order valence-electron chi connectivity index (χ1n) is 7.35. The Labute approximate surface area is 148 Å². The molecule has 128 valence electrons. The van der Waals surface area contributed by atoms with Crippen molar-refractivity contribution < 1.29 is 8.42 Å². The van der Waals surface area contributed by atoms with Crippen molar-refractivity contribution in [3.05, 3.63) is 28.8 Å². The summed E-state index contributed by atoms with van der Waals surface area (Å²) >= 11 is 5.97. The van der Waals surface area contributed by atoms with Crippen LogP contribution in [0.3, 0.4) is 0 Å². The zero-order valence-electron chi connectivity index (χ0n) is 12.7. The van der Waals surface area contributed by atoms with E-state index in [4.69, 9.17) is 22.6 Å². The largest absolute Gasteiger partial charge is 0.324 e. The van der Waals surface area contributed by atoms with Gasteiger partial charge in [-0.05, 0) is 31.0 Å². The zero-order chi connectivity index (χ0) is 16.2.